The number of benzene rings is 4. The van der Waals surface area contributed by atoms with Gasteiger partial charge in [0.1, 0.15) is 24.7 Å². The molecule has 0 radical (unpaired) electrons. The summed E-state index contributed by atoms with van der Waals surface area (Å²) in [5.41, 5.74) is 6.73. The average molecular weight is 604 g/mol. The molecule has 0 heterocycles. The molecule has 0 aliphatic heterocycles. The van der Waals surface area contributed by atoms with Crippen LogP contribution in [-0.2, 0) is 22.3 Å². The van der Waals surface area contributed by atoms with Crippen molar-refractivity contribution in [2.75, 3.05) is 26.4 Å². The van der Waals surface area contributed by atoms with Crippen LogP contribution in [0.1, 0.15) is 47.9 Å². The lowest BCUT2D eigenvalue weighted by Gasteiger charge is -2.12. The SMILES string of the molecule is Clc1ccc(-c2ccc(Cl)c(Cc3ccc(OCCOC4CC4)cc3)c2)cc1Cc1ccc(OCCOC2CC2)cc1. The van der Waals surface area contributed by atoms with Gasteiger partial charge in [0.15, 0.2) is 0 Å². The van der Waals surface area contributed by atoms with Gasteiger partial charge in [-0.1, -0.05) is 59.6 Å². The van der Waals surface area contributed by atoms with Gasteiger partial charge in [-0.25, -0.2) is 0 Å². The molecule has 0 atom stereocenters. The molecule has 4 aromatic rings. The first-order valence-electron chi connectivity index (χ1n) is 14.8. The van der Waals surface area contributed by atoms with Gasteiger partial charge >= 0.3 is 0 Å². The smallest absolute Gasteiger partial charge is 0.119 e. The van der Waals surface area contributed by atoms with E-state index in [0.29, 0.717) is 38.6 Å². The van der Waals surface area contributed by atoms with Gasteiger partial charge in [-0.15, -0.1) is 0 Å². The van der Waals surface area contributed by atoms with Crippen LogP contribution in [0.2, 0.25) is 10.0 Å². The zero-order chi connectivity index (χ0) is 28.7. The standard InChI is InChI=1S/C36H36Cl2O4/c37-35-15-5-27(23-29(35)21-25-1-7-31(8-2-25)39-17-19-41-33-11-12-33)28-6-16-36(38)30(24-28)22-26-3-9-32(10-4-26)40-18-20-42-34-13-14-34/h1-10,15-16,23-24,33-34H,11-14,17-22H2. The van der Waals surface area contributed by atoms with Gasteiger partial charge in [-0.3, -0.25) is 0 Å². The highest BCUT2D eigenvalue weighted by atomic mass is 35.5. The second-order valence-electron chi connectivity index (χ2n) is 11.1. The van der Waals surface area contributed by atoms with Gasteiger partial charge in [0, 0.05) is 10.0 Å². The molecular weight excluding hydrogens is 567 g/mol. The minimum atomic E-state index is 0.455. The molecule has 42 heavy (non-hydrogen) atoms. The summed E-state index contributed by atoms with van der Waals surface area (Å²) in [6, 6.07) is 28.9. The summed E-state index contributed by atoms with van der Waals surface area (Å²) in [5.74, 6) is 1.71. The van der Waals surface area contributed by atoms with Gasteiger partial charge < -0.3 is 18.9 Å². The molecule has 2 fully saturated rings. The molecule has 0 saturated heterocycles. The van der Waals surface area contributed by atoms with Crippen molar-refractivity contribution in [3.63, 3.8) is 0 Å². The van der Waals surface area contributed by atoms with Crippen molar-refractivity contribution in [1.82, 2.24) is 0 Å². The number of ether oxygens (including phenoxy) is 4. The molecule has 6 rings (SSSR count). The first kappa shape index (κ1) is 29.1. The van der Waals surface area contributed by atoms with Crippen molar-refractivity contribution in [2.24, 2.45) is 0 Å². The topological polar surface area (TPSA) is 36.9 Å². The third-order valence-corrected chi connectivity index (χ3v) is 8.26. The van der Waals surface area contributed by atoms with Crippen molar-refractivity contribution < 1.29 is 18.9 Å². The molecule has 6 heteroatoms. The predicted octanol–water partition coefficient (Wildman–Crippen LogP) is 8.96. The molecule has 4 aromatic carbocycles. The molecule has 0 spiro atoms. The summed E-state index contributed by atoms with van der Waals surface area (Å²) in [6.45, 7) is 2.42. The van der Waals surface area contributed by atoms with Gasteiger partial charge in [-0.2, -0.15) is 0 Å². The Morgan fingerprint density at radius 1 is 0.500 bits per heavy atom. The van der Waals surface area contributed by atoms with Gasteiger partial charge in [-0.05, 0) is 120 Å². The van der Waals surface area contributed by atoms with Crippen LogP contribution >= 0.6 is 23.2 Å². The van der Waals surface area contributed by atoms with Gasteiger partial charge in [0.05, 0.1) is 25.4 Å². The third kappa shape index (κ3) is 8.52. The highest BCUT2D eigenvalue weighted by Crippen LogP contribution is 2.31. The number of hydrogen-bond acceptors (Lipinski definition) is 4. The highest BCUT2D eigenvalue weighted by Gasteiger charge is 2.22. The largest absolute Gasteiger partial charge is 0.491 e. The Morgan fingerprint density at radius 3 is 1.29 bits per heavy atom. The molecule has 218 valence electrons. The van der Waals surface area contributed by atoms with Crippen molar-refractivity contribution in [1.29, 1.82) is 0 Å². The Morgan fingerprint density at radius 2 is 0.905 bits per heavy atom. The van der Waals surface area contributed by atoms with Crippen molar-refractivity contribution >= 4 is 23.2 Å². The van der Waals surface area contributed by atoms with Crippen LogP contribution in [0.15, 0.2) is 84.9 Å². The monoisotopic (exact) mass is 602 g/mol. The fraction of sp³-hybridized carbons (Fsp3) is 0.333. The lowest BCUT2D eigenvalue weighted by molar-refractivity contribution is 0.0880. The Hall–Kier alpha value is -3.02. The first-order valence-corrected chi connectivity index (χ1v) is 15.6. The average Bonchev–Trinajstić information content (AvgIpc) is 3.94. The van der Waals surface area contributed by atoms with Crippen molar-refractivity contribution in [2.45, 2.75) is 50.7 Å². The molecule has 0 bridgehead atoms. The second-order valence-corrected chi connectivity index (χ2v) is 11.9. The summed E-state index contributed by atoms with van der Waals surface area (Å²) in [6.07, 6.45) is 7.10. The molecule has 0 amide bonds. The molecular formula is C36H36Cl2O4. The van der Waals surface area contributed by atoms with E-state index in [4.69, 9.17) is 42.1 Å². The molecule has 2 aliphatic carbocycles. The summed E-state index contributed by atoms with van der Waals surface area (Å²) < 4.78 is 22.9. The highest BCUT2D eigenvalue weighted by molar-refractivity contribution is 6.32. The van der Waals surface area contributed by atoms with Crippen LogP contribution in [0.3, 0.4) is 0 Å². The van der Waals surface area contributed by atoms with E-state index < -0.39 is 0 Å². The molecule has 4 nitrogen and oxygen atoms in total. The Balaban J connectivity index is 1.07. The Kier molecular flexibility index (Phi) is 9.67. The zero-order valence-electron chi connectivity index (χ0n) is 23.7. The molecule has 0 aromatic heterocycles. The van der Waals surface area contributed by atoms with E-state index in [1.165, 1.54) is 36.8 Å². The number of halogens is 2. The number of rotatable bonds is 15. The van der Waals surface area contributed by atoms with E-state index >= 15 is 0 Å². The summed E-state index contributed by atoms with van der Waals surface area (Å²) in [4.78, 5) is 0. The fourth-order valence-electron chi connectivity index (χ4n) is 4.84. The maximum atomic E-state index is 6.64. The number of hydrogen-bond donors (Lipinski definition) is 0. The van der Waals surface area contributed by atoms with Crippen LogP contribution < -0.4 is 9.47 Å². The van der Waals surface area contributed by atoms with E-state index in [1.807, 2.05) is 36.4 Å². The van der Waals surface area contributed by atoms with Gasteiger partial charge in [0.25, 0.3) is 0 Å². The predicted molar refractivity (Wildman–Crippen MR) is 169 cm³/mol. The maximum absolute atomic E-state index is 6.64. The normalized spacial score (nSPS) is 14.6. The van der Waals surface area contributed by atoms with Crippen LogP contribution in [-0.4, -0.2) is 38.6 Å². The fourth-order valence-corrected chi connectivity index (χ4v) is 5.21. The Labute approximate surface area is 258 Å². The van der Waals surface area contributed by atoms with Crippen LogP contribution in [0.25, 0.3) is 11.1 Å². The zero-order valence-corrected chi connectivity index (χ0v) is 25.2. The molecule has 0 unspecified atom stereocenters. The van der Waals surface area contributed by atoms with E-state index in [0.717, 1.165) is 56.6 Å². The summed E-state index contributed by atoms with van der Waals surface area (Å²) in [7, 11) is 0. The summed E-state index contributed by atoms with van der Waals surface area (Å²) >= 11 is 13.3. The maximum Gasteiger partial charge on any atom is 0.119 e. The van der Waals surface area contributed by atoms with E-state index in [-0.39, 0.29) is 0 Å². The van der Waals surface area contributed by atoms with E-state index in [9.17, 15) is 0 Å². The van der Waals surface area contributed by atoms with E-state index in [2.05, 4.69) is 48.5 Å². The van der Waals surface area contributed by atoms with Crippen molar-refractivity contribution in [3.05, 3.63) is 117 Å². The summed E-state index contributed by atoms with van der Waals surface area (Å²) in [5, 5.41) is 1.51. The Bertz CT molecular complexity index is 1350. The van der Waals surface area contributed by atoms with Crippen LogP contribution in [0.5, 0.6) is 11.5 Å². The molecule has 2 aliphatic rings. The minimum Gasteiger partial charge on any atom is -0.491 e. The quantitative estimate of drug-likeness (QED) is 0.127. The second kappa shape index (κ2) is 14.0. The molecule has 0 N–H and O–H groups in total. The minimum absolute atomic E-state index is 0.455. The van der Waals surface area contributed by atoms with Gasteiger partial charge in [0.2, 0.25) is 0 Å². The lowest BCUT2D eigenvalue weighted by Crippen LogP contribution is -2.07. The van der Waals surface area contributed by atoms with Crippen LogP contribution in [0.4, 0.5) is 0 Å². The third-order valence-electron chi connectivity index (χ3n) is 7.52. The first-order chi connectivity index (χ1) is 20.6. The van der Waals surface area contributed by atoms with Crippen LogP contribution in [0, 0.1) is 0 Å². The molecule has 2 saturated carbocycles. The van der Waals surface area contributed by atoms with Crippen molar-refractivity contribution in [3.8, 4) is 22.6 Å². The van der Waals surface area contributed by atoms with E-state index in [1.54, 1.807) is 0 Å². The lowest BCUT2D eigenvalue weighted by atomic mass is 9.96.